The Hall–Kier alpha value is -2.83. The normalized spacial score (nSPS) is 14.7. The topological polar surface area (TPSA) is 63.9 Å². The number of carbonyl (C=O) groups is 1. The van der Waals surface area contributed by atoms with Gasteiger partial charge in [-0.25, -0.2) is 14.4 Å². The fourth-order valence-corrected chi connectivity index (χ4v) is 3.19. The molecule has 0 aromatic carbocycles. The lowest BCUT2D eigenvalue weighted by molar-refractivity contribution is 0.0666. The predicted octanol–water partition coefficient (Wildman–Crippen LogP) is 3.72. The molecule has 3 aromatic rings. The maximum absolute atomic E-state index is 13.3. The molecular weight excluding hydrogens is 345 g/mol. The fourth-order valence-electron chi connectivity index (χ4n) is 3.19. The van der Waals surface area contributed by atoms with E-state index in [2.05, 4.69) is 15.0 Å². The van der Waals surface area contributed by atoms with Crippen molar-refractivity contribution in [3.8, 4) is 5.82 Å². The van der Waals surface area contributed by atoms with E-state index >= 15 is 0 Å². The number of nitrogens with zero attached hydrogens (tertiary/aromatic N) is 5. The average Bonchev–Trinajstić information content (AvgIpc) is 3.12. The van der Waals surface area contributed by atoms with Gasteiger partial charge in [0.15, 0.2) is 5.82 Å². The number of alkyl halides is 1. The van der Waals surface area contributed by atoms with Gasteiger partial charge in [-0.2, -0.15) is 0 Å². The zero-order chi connectivity index (χ0) is 19.4. The molecule has 0 radical (unpaired) electrons. The first-order chi connectivity index (χ1) is 13.1. The van der Waals surface area contributed by atoms with Crippen molar-refractivity contribution < 1.29 is 9.18 Å². The summed E-state index contributed by atoms with van der Waals surface area (Å²) in [5, 5.41) is 0.861. The van der Waals surface area contributed by atoms with Gasteiger partial charge in [-0.05, 0) is 31.9 Å². The molecule has 0 spiro atoms. The Morgan fingerprint density at radius 1 is 1.22 bits per heavy atom. The molecule has 7 heteroatoms. The second kappa shape index (κ2) is 8.24. The number of likely N-dealkylation sites (tertiary alicyclic amines) is 1. The van der Waals surface area contributed by atoms with Gasteiger partial charge in [-0.1, -0.05) is 13.8 Å². The molecule has 1 aliphatic heterocycles. The van der Waals surface area contributed by atoms with Crippen LogP contribution in [0.5, 0.6) is 0 Å². The summed E-state index contributed by atoms with van der Waals surface area (Å²) in [7, 11) is 0. The summed E-state index contributed by atoms with van der Waals surface area (Å²) >= 11 is 0. The highest BCUT2D eigenvalue weighted by Gasteiger charge is 2.25. The van der Waals surface area contributed by atoms with Crippen LogP contribution in [0, 0.1) is 6.92 Å². The second-order valence-corrected chi connectivity index (χ2v) is 6.25. The lowest BCUT2D eigenvalue weighted by Crippen LogP contribution is -2.39. The zero-order valence-corrected chi connectivity index (χ0v) is 15.9. The molecule has 27 heavy (non-hydrogen) atoms. The van der Waals surface area contributed by atoms with Crippen LogP contribution in [0.1, 0.15) is 42.7 Å². The largest absolute Gasteiger partial charge is 0.338 e. The summed E-state index contributed by atoms with van der Waals surface area (Å²) in [6, 6.07) is 3.76. The second-order valence-electron chi connectivity index (χ2n) is 6.25. The van der Waals surface area contributed by atoms with Crippen molar-refractivity contribution in [3.05, 3.63) is 48.2 Å². The Labute approximate surface area is 158 Å². The van der Waals surface area contributed by atoms with Gasteiger partial charge in [0.2, 0.25) is 0 Å². The first kappa shape index (κ1) is 18.9. The van der Waals surface area contributed by atoms with Crippen molar-refractivity contribution >= 4 is 16.9 Å². The minimum absolute atomic E-state index is 0.0777. The van der Waals surface area contributed by atoms with Crippen LogP contribution >= 0.6 is 0 Å². The van der Waals surface area contributed by atoms with Crippen LogP contribution < -0.4 is 0 Å². The Balaban J connectivity index is 0.00000102. The number of fused-ring (bicyclic) bond motifs is 1. The van der Waals surface area contributed by atoms with Crippen molar-refractivity contribution in [3.63, 3.8) is 0 Å². The Bertz CT molecular complexity index is 917. The van der Waals surface area contributed by atoms with E-state index in [1.54, 1.807) is 23.5 Å². The molecule has 1 saturated heterocycles. The summed E-state index contributed by atoms with van der Waals surface area (Å²) < 4.78 is 15.2. The number of hydrogen-bond acceptors (Lipinski definition) is 4. The van der Waals surface area contributed by atoms with E-state index in [1.807, 2.05) is 43.7 Å². The number of pyridine rings is 1. The standard InChI is InChI=1S/C18H18FN5O.C2H6/c1-12-15(18(25)23-7-3-14(19)4-8-23)10-13-2-9-24(17(13)22-12)16-11-20-5-6-21-16;1-2/h2,5-6,9-11,14H,3-4,7-8H2,1H3;1-2H3. The van der Waals surface area contributed by atoms with Crippen molar-refractivity contribution in [1.82, 2.24) is 24.4 Å². The lowest BCUT2D eigenvalue weighted by Gasteiger charge is -2.29. The number of carbonyl (C=O) groups excluding carboxylic acids is 1. The number of hydrogen-bond donors (Lipinski definition) is 0. The maximum Gasteiger partial charge on any atom is 0.255 e. The molecule has 6 nitrogen and oxygen atoms in total. The van der Waals surface area contributed by atoms with Gasteiger partial charge < -0.3 is 4.90 Å². The van der Waals surface area contributed by atoms with Crippen LogP contribution in [0.25, 0.3) is 16.9 Å². The van der Waals surface area contributed by atoms with E-state index in [9.17, 15) is 9.18 Å². The fraction of sp³-hybridized carbons (Fsp3) is 0.400. The highest BCUT2D eigenvalue weighted by molar-refractivity contribution is 5.98. The quantitative estimate of drug-likeness (QED) is 0.691. The molecule has 0 N–H and O–H groups in total. The first-order valence-corrected chi connectivity index (χ1v) is 9.32. The average molecular weight is 369 g/mol. The smallest absolute Gasteiger partial charge is 0.255 e. The molecule has 0 bridgehead atoms. The van der Waals surface area contributed by atoms with Crippen LogP contribution in [0.3, 0.4) is 0 Å². The first-order valence-electron chi connectivity index (χ1n) is 9.32. The molecular formula is C20H24FN5O. The molecule has 0 atom stereocenters. The van der Waals surface area contributed by atoms with Crippen LogP contribution in [0.2, 0.25) is 0 Å². The van der Waals surface area contributed by atoms with Gasteiger partial charge in [-0.3, -0.25) is 14.3 Å². The molecule has 0 aliphatic carbocycles. The van der Waals surface area contributed by atoms with E-state index in [1.165, 1.54) is 0 Å². The molecule has 1 aliphatic rings. The number of aryl methyl sites for hydroxylation is 1. The van der Waals surface area contributed by atoms with E-state index in [-0.39, 0.29) is 5.91 Å². The number of rotatable bonds is 2. The summed E-state index contributed by atoms with van der Waals surface area (Å²) in [6.45, 7) is 6.73. The van der Waals surface area contributed by atoms with Crippen LogP contribution in [0.15, 0.2) is 36.9 Å². The molecule has 142 valence electrons. The molecule has 4 heterocycles. The molecule has 0 saturated carbocycles. The summed E-state index contributed by atoms with van der Waals surface area (Å²) in [6.07, 6.45) is 6.78. The van der Waals surface area contributed by atoms with E-state index < -0.39 is 6.17 Å². The van der Waals surface area contributed by atoms with Crippen molar-refractivity contribution in [2.45, 2.75) is 39.8 Å². The van der Waals surface area contributed by atoms with Gasteiger partial charge in [0.25, 0.3) is 5.91 Å². The molecule has 4 rings (SSSR count). The van der Waals surface area contributed by atoms with Gasteiger partial charge >= 0.3 is 0 Å². The summed E-state index contributed by atoms with van der Waals surface area (Å²) in [5.41, 5.74) is 1.96. The number of amides is 1. The van der Waals surface area contributed by atoms with Gasteiger partial charge in [-0.15, -0.1) is 0 Å². The van der Waals surface area contributed by atoms with Crippen LogP contribution in [-0.4, -0.2) is 49.6 Å². The number of halogens is 1. The van der Waals surface area contributed by atoms with Gasteiger partial charge in [0, 0.05) is 37.1 Å². The van der Waals surface area contributed by atoms with Crippen LogP contribution in [-0.2, 0) is 0 Å². The van der Waals surface area contributed by atoms with Gasteiger partial charge in [0.1, 0.15) is 11.8 Å². The number of aromatic nitrogens is 4. The third-order valence-electron chi connectivity index (χ3n) is 4.59. The molecule has 0 unspecified atom stereocenters. The molecule has 1 fully saturated rings. The van der Waals surface area contributed by atoms with Crippen molar-refractivity contribution in [1.29, 1.82) is 0 Å². The maximum atomic E-state index is 13.3. The zero-order valence-electron chi connectivity index (χ0n) is 15.9. The summed E-state index contributed by atoms with van der Waals surface area (Å²) in [4.78, 5) is 27.5. The molecule has 3 aromatic heterocycles. The van der Waals surface area contributed by atoms with E-state index in [0.717, 1.165) is 11.0 Å². The minimum Gasteiger partial charge on any atom is -0.338 e. The summed E-state index contributed by atoms with van der Waals surface area (Å²) in [5.74, 6) is 0.597. The minimum atomic E-state index is -0.799. The lowest BCUT2D eigenvalue weighted by atomic mass is 10.1. The van der Waals surface area contributed by atoms with Crippen molar-refractivity contribution in [2.75, 3.05) is 13.1 Å². The highest BCUT2D eigenvalue weighted by atomic mass is 19.1. The van der Waals surface area contributed by atoms with Crippen LogP contribution in [0.4, 0.5) is 4.39 Å². The third-order valence-corrected chi connectivity index (χ3v) is 4.59. The molecule has 1 amide bonds. The Morgan fingerprint density at radius 2 is 1.96 bits per heavy atom. The van der Waals surface area contributed by atoms with Crippen molar-refractivity contribution in [2.24, 2.45) is 0 Å². The highest BCUT2D eigenvalue weighted by Crippen LogP contribution is 2.23. The predicted molar refractivity (Wildman–Crippen MR) is 103 cm³/mol. The van der Waals surface area contributed by atoms with E-state index in [0.29, 0.717) is 43.0 Å². The van der Waals surface area contributed by atoms with E-state index in [4.69, 9.17) is 0 Å². The monoisotopic (exact) mass is 369 g/mol. The number of piperidine rings is 1. The Kier molecular flexibility index (Phi) is 5.78. The Morgan fingerprint density at radius 3 is 2.63 bits per heavy atom. The SMILES string of the molecule is CC.Cc1nc2c(ccn2-c2cnccn2)cc1C(=O)N1CCC(F)CC1. The third kappa shape index (κ3) is 3.82. The van der Waals surface area contributed by atoms with Gasteiger partial charge in [0.05, 0.1) is 17.5 Å².